The summed E-state index contributed by atoms with van der Waals surface area (Å²) in [7, 11) is 0. The number of hydrogen-bond donors (Lipinski definition) is 0. The first-order valence-electron chi connectivity index (χ1n) is 2.82. The topological polar surface area (TPSA) is 15.6 Å². The van der Waals surface area contributed by atoms with E-state index >= 15 is 0 Å². The van der Waals surface area contributed by atoms with Crippen molar-refractivity contribution in [2.24, 2.45) is 4.99 Å². The van der Waals surface area contributed by atoms with Gasteiger partial charge in [0.2, 0.25) is 0 Å². The molecule has 0 spiro atoms. The van der Waals surface area contributed by atoms with Crippen molar-refractivity contribution in [2.45, 2.75) is 19.9 Å². The lowest BCUT2D eigenvalue weighted by atomic mass is 10.4. The minimum Gasteiger partial charge on any atom is -0.341 e. The van der Waals surface area contributed by atoms with Crippen molar-refractivity contribution in [3.05, 3.63) is 6.54 Å². The molecule has 3 radical (unpaired) electrons. The largest absolute Gasteiger partial charge is 0.341 e. The Kier molecular flexibility index (Phi) is 1.51. The third-order valence-corrected chi connectivity index (χ3v) is 1.03. The van der Waals surface area contributed by atoms with Gasteiger partial charge in [-0.25, -0.2) is 0 Å². The number of nitrogens with zero attached hydrogens (tertiary/aromatic N) is 2. The summed E-state index contributed by atoms with van der Waals surface area (Å²) in [5, 5.41) is 0. The lowest BCUT2D eigenvalue weighted by Crippen LogP contribution is -2.15. The van der Waals surface area contributed by atoms with Crippen molar-refractivity contribution in [2.75, 3.05) is 6.54 Å². The third-order valence-electron chi connectivity index (χ3n) is 1.03. The quantitative estimate of drug-likeness (QED) is 0.483. The van der Waals surface area contributed by atoms with E-state index in [1.165, 1.54) is 0 Å². The highest BCUT2D eigenvalue weighted by molar-refractivity contribution is 5.59. The fourth-order valence-electron chi connectivity index (χ4n) is 0.602. The zero-order chi connectivity index (χ0) is 5.98. The van der Waals surface area contributed by atoms with Gasteiger partial charge in [-0.15, -0.1) is 0 Å². The summed E-state index contributed by atoms with van der Waals surface area (Å²) in [4.78, 5) is 5.79. The molecule has 1 aliphatic rings. The van der Waals surface area contributed by atoms with E-state index in [4.69, 9.17) is 0 Å². The van der Waals surface area contributed by atoms with Crippen LogP contribution in [0.1, 0.15) is 13.8 Å². The van der Waals surface area contributed by atoms with E-state index in [9.17, 15) is 0 Å². The van der Waals surface area contributed by atoms with Crippen molar-refractivity contribution in [1.82, 2.24) is 4.90 Å². The van der Waals surface area contributed by atoms with Crippen LogP contribution in [0.4, 0.5) is 0 Å². The van der Waals surface area contributed by atoms with Gasteiger partial charge in [-0.2, -0.15) is 0 Å². The minimum atomic E-state index is 0.218. The first kappa shape index (κ1) is 5.60. The zero-order valence-corrected chi connectivity index (χ0v) is 5.18. The van der Waals surface area contributed by atoms with Gasteiger partial charge in [0.15, 0.2) is 6.34 Å². The molecule has 2 heteroatoms. The van der Waals surface area contributed by atoms with Crippen LogP contribution in [-0.2, 0) is 0 Å². The van der Waals surface area contributed by atoms with Gasteiger partial charge < -0.3 is 4.90 Å². The second-order valence-corrected chi connectivity index (χ2v) is 1.78. The fraction of sp³-hybridized carbons (Fsp3) is 0.667. The van der Waals surface area contributed by atoms with Crippen molar-refractivity contribution in [3.8, 4) is 0 Å². The Bertz CT molecular complexity index is 98.7. The summed E-state index contributed by atoms with van der Waals surface area (Å²) >= 11 is 0. The molecule has 1 heterocycles. The summed E-state index contributed by atoms with van der Waals surface area (Å²) in [6.07, 6.45) is 2.80. The second-order valence-electron chi connectivity index (χ2n) is 1.78. The van der Waals surface area contributed by atoms with E-state index in [2.05, 4.69) is 17.9 Å². The maximum atomic E-state index is 3.95. The molecule has 2 nitrogen and oxygen atoms in total. The fourth-order valence-corrected chi connectivity index (χ4v) is 0.602. The molecule has 0 amide bonds. The highest BCUT2D eigenvalue weighted by atomic mass is 15.2. The molecule has 0 aromatic heterocycles. The third kappa shape index (κ3) is 0.997. The lowest BCUT2D eigenvalue weighted by Gasteiger charge is -2.06. The van der Waals surface area contributed by atoms with Crippen LogP contribution in [0.3, 0.4) is 0 Å². The summed E-state index contributed by atoms with van der Waals surface area (Å²) in [5.74, 6) is 0. The van der Waals surface area contributed by atoms with Crippen LogP contribution in [0.2, 0.25) is 0 Å². The average Bonchev–Trinajstić information content (AvgIpc) is 2.14. The van der Waals surface area contributed by atoms with E-state index in [1.54, 1.807) is 0 Å². The molecule has 0 aromatic carbocycles. The number of likely N-dealkylation sites (N-methyl/N-ethyl adjacent to an activating group) is 1. The normalized spacial score (nSPS) is 27.2. The highest BCUT2D eigenvalue weighted by Gasteiger charge is 2.12. The van der Waals surface area contributed by atoms with Gasteiger partial charge >= 0.3 is 0 Å². The molecular formula is C6H9N2. The monoisotopic (exact) mass is 109 g/mol. The Morgan fingerprint density at radius 1 is 1.75 bits per heavy atom. The maximum Gasteiger partial charge on any atom is 0.168 e. The standard InChI is InChI=1S/C6H9N2/c1-3-8-4-6(2)7-5-8/h6H,3H2,1-2H3. The summed E-state index contributed by atoms with van der Waals surface area (Å²) in [6, 6.07) is 0.218. The predicted octanol–water partition coefficient (Wildman–Crippen LogP) is 0.654. The first-order valence-corrected chi connectivity index (χ1v) is 2.82. The Labute approximate surface area is 50.2 Å². The maximum absolute atomic E-state index is 3.95. The highest BCUT2D eigenvalue weighted by Crippen LogP contribution is 2.05. The molecule has 1 rings (SSSR count). The van der Waals surface area contributed by atoms with E-state index in [0.717, 1.165) is 6.54 Å². The van der Waals surface area contributed by atoms with Crippen molar-refractivity contribution >= 4 is 6.34 Å². The van der Waals surface area contributed by atoms with Gasteiger partial charge in [0.05, 0.1) is 6.04 Å². The SMILES string of the molecule is CCN1[C]C(C)N=[C]1. The average molecular weight is 109 g/mol. The molecule has 0 fully saturated rings. The van der Waals surface area contributed by atoms with Gasteiger partial charge in [0.1, 0.15) is 6.54 Å². The van der Waals surface area contributed by atoms with Crippen LogP contribution >= 0.6 is 0 Å². The second kappa shape index (κ2) is 2.16. The summed E-state index contributed by atoms with van der Waals surface area (Å²) < 4.78 is 0. The molecule has 1 atom stereocenters. The lowest BCUT2D eigenvalue weighted by molar-refractivity contribution is 0.540. The van der Waals surface area contributed by atoms with Crippen molar-refractivity contribution in [1.29, 1.82) is 0 Å². The molecule has 0 aromatic rings. The van der Waals surface area contributed by atoms with Crippen LogP contribution < -0.4 is 0 Å². The van der Waals surface area contributed by atoms with Crippen LogP contribution in [0.5, 0.6) is 0 Å². The molecule has 0 aliphatic carbocycles. The smallest absolute Gasteiger partial charge is 0.168 e. The Balaban J connectivity index is 2.34. The van der Waals surface area contributed by atoms with Crippen LogP contribution in [0.15, 0.2) is 4.99 Å². The van der Waals surface area contributed by atoms with Crippen LogP contribution in [0.25, 0.3) is 0 Å². The summed E-state index contributed by atoms with van der Waals surface area (Å²) in [6.45, 7) is 8.02. The summed E-state index contributed by atoms with van der Waals surface area (Å²) in [5.41, 5.74) is 0. The van der Waals surface area contributed by atoms with Crippen molar-refractivity contribution in [3.63, 3.8) is 0 Å². The Hall–Kier alpha value is -0.530. The predicted molar refractivity (Wildman–Crippen MR) is 32.5 cm³/mol. The van der Waals surface area contributed by atoms with E-state index in [0.29, 0.717) is 0 Å². The van der Waals surface area contributed by atoms with Crippen LogP contribution in [-0.4, -0.2) is 23.8 Å². The van der Waals surface area contributed by atoms with Gasteiger partial charge in [-0.3, -0.25) is 4.99 Å². The molecule has 0 N–H and O–H groups in total. The molecule has 1 aliphatic heterocycles. The van der Waals surface area contributed by atoms with Crippen LogP contribution in [0, 0.1) is 6.54 Å². The molecule has 0 saturated heterocycles. The van der Waals surface area contributed by atoms with Gasteiger partial charge in [0, 0.05) is 6.54 Å². The molecule has 0 bridgehead atoms. The van der Waals surface area contributed by atoms with E-state index in [1.807, 2.05) is 18.7 Å². The number of hydrogen-bond acceptors (Lipinski definition) is 2. The number of rotatable bonds is 1. The zero-order valence-electron chi connectivity index (χ0n) is 5.18. The van der Waals surface area contributed by atoms with Gasteiger partial charge in [-0.1, -0.05) is 0 Å². The Morgan fingerprint density at radius 2 is 2.50 bits per heavy atom. The first-order chi connectivity index (χ1) is 3.83. The Morgan fingerprint density at radius 3 is 2.75 bits per heavy atom. The molecular weight excluding hydrogens is 100 g/mol. The van der Waals surface area contributed by atoms with Crippen molar-refractivity contribution < 1.29 is 0 Å². The van der Waals surface area contributed by atoms with E-state index < -0.39 is 0 Å². The molecule has 43 valence electrons. The molecule has 8 heavy (non-hydrogen) atoms. The molecule has 1 unspecified atom stereocenters. The van der Waals surface area contributed by atoms with E-state index in [-0.39, 0.29) is 6.04 Å². The van der Waals surface area contributed by atoms with Gasteiger partial charge in [0.25, 0.3) is 0 Å². The number of aliphatic imine (C=N–C) groups is 1. The minimum absolute atomic E-state index is 0.218. The molecule has 0 saturated carbocycles. The van der Waals surface area contributed by atoms with Gasteiger partial charge in [-0.05, 0) is 13.8 Å².